The monoisotopic (exact) mass is 251 g/mol. The molecule has 0 aromatic heterocycles. The first-order valence-corrected chi connectivity index (χ1v) is 7.32. The molecule has 1 atom stereocenters. The van der Waals surface area contributed by atoms with E-state index in [2.05, 4.69) is 25.1 Å². The van der Waals surface area contributed by atoms with Crippen LogP contribution in [-0.4, -0.2) is 30.9 Å². The van der Waals surface area contributed by atoms with Gasteiger partial charge in [0.2, 0.25) is 0 Å². The molecule has 1 unspecified atom stereocenters. The predicted molar refractivity (Wildman–Crippen MR) is 77.3 cm³/mol. The van der Waals surface area contributed by atoms with Crippen LogP contribution in [0.1, 0.15) is 30.6 Å². The molecule has 0 bridgehead atoms. The average molecular weight is 251 g/mol. The molecule has 0 aliphatic heterocycles. The molecular weight excluding hydrogens is 230 g/mol. The molecule has 2 nitrogen and oxygen atoms in total. The topological polar surface area (TPSA) is 20.3 Å². The summed E-state index contributed by atoms with van der Waals surface area (Å²) in [6.07, 6.45) is 3.27. The van der Waals surface area contributed by atoms with Crippen LogP contribution in [0.5, 0.6) is 0 Å². The Morgan fingerprint density at radius 3 is 2.35 bits per heavy atom. The molecule has 0 N–H and O–H groups in total. The fourth-order valence-corrected chi connectivity index (χ4v) is 2.68. The van der Waals surface area contributed by atoms with Gasteiger partial charge in [-0.25, -0.2) is 0 Å². The summed E-state index contributed by atoms with van der Waals surface area (Å²) >= 11 is 1.87. The van der Waals surface area contributed by atoms with Crippen molar-refractivity contribution >= 4 is 23.2 Å². The summed E-state index contributed by atoms with van der Waals surface area (Å²) in [6.45, 7) is 3.81. The lowest BCUT2D eigenvalue weighted by Crippen LogP contribution is -2.33. The minimum Gasteiger partial charge on any atom is -0.371 e. The zero-order valence-corrected chi connectivity index (χ0v) is 11.9. The Labute approximate surface area is 108 Å². The molecule has 94 valence electrons. The van der Waals surface area contributed by atoms with Crippen LogP contribution in [0.15, 0.2) is 24.3 Å². The third-order valence-electron chi connectivity index (χ3n) is 3.06. The van der Waals surface area contributed by atoms with E-state index in [9.17, 15) is 4.79 Å². The van der Waals surface area contributed by atoms with Gasteiger partial charge in [0, 0.05) is 30.1 Å². The highest BCUT2D eigenvalue weighted by atomic mass is 32.2. The van der Waals surface area contributed by atoms with Crippen molar-refractivity contribution in [2.75, 3.05) is 24.0 Å². The lowest BCUT2D eigenvalue weighted by atomic mass is 10.1. The predicted octanol–water partition coefficient (Wildman–Crippen LogP) is 3.47. The average Bonchev–Trinajstić information content (AvgIpc) is 2.35. The molecular formula is C14H21NOS. The lowest BCUT2D eigenvalue weighted by Gasteiger charge is -2.28. The molecule has 3 heteroatoms. The van der Waals surface area contributed by atoms with Gasteiger partial charge in [-0.1, -0.05) is 6.92 Å². The van der Waals surface area contributed by atoms with E-state index in [1.54, 1.807) is 6.92 Å². The first-order chi connectivity index (χ1) is 8.10. The van der Waals surface area contributed by atoms with E-state index in [1.807, 2.05) is 36.0 Å². The highest BCUT2D eigenvalue weighted by Crippen LogP contribution is 2.19. The number of thioether (sulfide) groups is 1. The van der Waals surface area contributed by atoms with Gasteiger partial charge in [0.15, 0.2) is 5.78 Å². The van der Waals surface area contributed by atoms with E-state index in [4.69, 9.17) is 0 Å². The van der Waals surface area contributed by atoms with E-state index in [0.29, 0.717) is 6.04 Å². The van der Waals surface area contributed by atoms with Crippen molar-refractivity contribution in [3.05, 3.63) is 29.8 Å². The minimum atomic E-state index is 0.121. The number of hydrogen-bond acceptors (Lipinski definition) is 3. The normalized spacial score (nSPS) is 12.2. The van der Waals surface area contributed by atoms with Crippen molar-refractivity contribution in [1.82, 2.24) is 0 Å². The summed E-state index contributed by atoms with van der Waals surface area (Å²) in [6, 6.07) is 8.41. The van der Waals surface area contributed by atoms with Crippen molar-refractivity contribution in [1.29, 1.82) is 0 Å². The Balaban J connectivity index is 2.81. The van der Waals surface area contributed by atoms with Crippen LogP contribution >= 0.6 is 11.8 Å². The second kappa shape index (κ2) is 6.70. The first kappa shape index (κ1) is 14.1. The van der Waals surface area contributed by atoms with Gasteiger partial charge in [-0.15, -0.1) is 0 Å². The van der Waals surface area contributed by atoms with Crippen LogP contribution < -0.4 is 4.90 Å². The standard InChI is InChI=1S/C14H21NOS/c1-5-13(10-17-4)15(3)14-8-6-12(7-9-14)11(2)16/h6-9,13H,5,10H2,1-4H3. The van der Waals surface area contributed by atoms with Crippen LogP contribution in [-0.2, 0) is 0 Å². The quantitative estimate of drug-likeness (QED) is 0.722. The molecule has 0 saturated carbocycles. The van der Waals surface area contributed by atoms with Crippen LogP contribution in [0.2, 0.25) is 0 Å². The summed E-state index contributed by atoms with van der Waals surface area (Å²) in [7, 11) is 2.12. The van der Waals surface area contributed by atoms with Crippen LogP contribution in [0.25, 0.3) is 0 Å². The van der Waals surface area contributed by atoms with Gasteiger partial charge in [-0.05, 0) is 43.9 Å². The lowest BCUT2D eigenvalue weighted by molar-refractivity contribution is 0.101. The van der Waals surface area contributed by atoms with Crippen molar-refractivity contribution in [3.63, 3.8) is 0 Å². The smallest absolute Gasteiger partial charge is 0.159 e. The van der Waals surface area contributed by atoms with Crippen molar-refractivity contribution in [2.24, 2.45) is 0 Å². The molecule has 0 aliphatic rings. The Morgan fingerprint density at radius 2 is 1.94 bits per heavy atom. The molecule has 1 rings (SSSR count). The zero-order chi connectivity index (χ0) is 12.8. The molecule has 0 fully saturated rings. The molecule has 0 amide bonds. The van der Waals surface area contributed by atoms with Gasteiger partial charge in [0.05, 0.1) is 0 Å². The molecule has 0 saturated heterocycles. The Bertz CT molecular complexity index is 361. The Morgan fingerprint density at radius 1 is 1.35 bits per heavy atom. The third-order valence-corrected chi connectivity index (χ3v) is 3.78. The Kier molecular flexibility index (Phi) is 5.56. The molecule has 0 heterocycles. The molecule has 1 aromatic rings. The van der Waals surface area contributed by atoms with Crippen LogP contribution in [0, 0.1) is 0 Å². The molecule has 0 radical (unpaired) electrons. The second-order valence-corrected chi connectivity index (χ2v) is 5.14. The van der Waals surface area contributed by atoms with Crippen molar-refractivity contribution in [2.45, 2.75) is 26.3 Å². The van der Waals surface area contributed by atoms with Gasteiger partial charge < -0.3 is 4.90 Å². The number of Topliss-reactive ketones (excluding diaryl/α,β-unsaturated/α-hetero) is 1. The first-order valence-electron chi connectivity index (χ1n) is 5.93. The zero-order valence-electron chi connectivity index (χ0n) is 11.1. The summed E-state index contributed by atoms with van der Waals surface area (Å²) < 4.78 is 0. The van der Waals surface area contributed by atoms with E-state index < -0.39 is 0 Å². The van der Waals surface area contributed by atoms with Crippen LogP contribution in [0.4, 0.5) is 5.69 Å². The summed E-state index contributed by atoms with van der Waals surface area (Å²) in [5.41, 5.74) is 1.95. The molecule has 0 spiro atoms. The van der Waals surface area contributed by atoms with Crippen molar-refractivity contribution in [3.8, 4) is 0 Å². The summed E-state index contributed by atoms with van der Waals surface area (Å²) in [4.78, 5) is 13.5. The second-order valence-electron chi connectivity index (χ2n) is 4.23. The number of benzene rings is 1. The maximum Gasteiger partial charge on any atom is 0.159 e. The van der Waals surface area contributed by atoms with E-state index in [-0.39, 0.29) is 5.78 Å². The van der Waals surface area contributed by atoms with E-state index in [0.717, 1.165) is 17.7 Å². The number of ketones is 1. The van der Waals surface area contributed by atoms with Crippen molar-refractivity contribution < 1.29 is 4.79 Å². The number of carbonyl (C=O) groups is 1. The van der Waals surface area contributed by atoms with Gasteiger partial charge in [-0.3, -0.25) is 4.79 Å². The number of anilines is 1. The highest BCUT2D eigenvalue weighted by Gasteiger charge is 2.12. The largest absolute Gasteiger partial charge is 0.371 e. The molecule has 17 heavy (non-hydrogen) atoms. The summed E-state index contributed by atoms with van der Waals surface area (Å²) in [5.74, 6) is 1.25. The van der Waals surface area contributed by atoms with Gasteiger partial charge >= 0.3 is 0 Å². The SMILES string of the molecule is CCC(CSC)N(C)c1ccc(C(C)=O)cc1. The summed E-state index contributed by atoms with van der Waals surface area (Å²) in [5, 5.41) is 0. The molecule has 0 aliphatic carbocycles. The Hall–Kier alpha value is -0.960. The highest BCUT2D eigenvalue weighted by molar-refractivity contribution is 7.98. The fourth-order valence-electron chi connectivity index (χ4n) is 1.84. The third kappa shape index (κ3) is 3.77. The van der Waals surface area contributed by atoms with E-state index >= 15 is 0 Å². The van der Waals surface area contributed by atoms with Crippen LogP contribution in [0.3, 0.4) is 0 Å². The van der Waals surface area contributed by atoms with Gasteiger partial charge in [0.1, 0.15) is 0 Å². The van der Waals surface area contributed by atoms with Gasteiger partial charge in [-0.2, -0.15) is 11.8 Å². The maximum atomic E-state index is 11.2. The number of nitrogens with zero attached hydrogens (tertiary/aromatic N) is 1. The number of carbonyl (C=O) groups excluding carboxylic acids is 1. The number of hydrogen-bond donors (Lipinski definition) is 0. The fraction of sp³-hybridized carbons (Fsp3) is 0.500. The molecule has 1 aromatic carbocycles. The van der Waals surface area contributed by atoms with E-state index in [1.165, 1.54) is 5.69 Å². The number of rotatable bonds is 6. The maximum absolute atomic E-state index is 11.2. The van der Waals surface area contributed by atoms with Gasteiger partial charge in [0.25, 0.3) is 0 Å². The minimum absolute atomic E-state index is 0.121.